The average Bonchev–Trinajstić information content (AvgIpc) is 2.39. The molecule has 98 valence electrons. The van der Waals surface area contributed by atoms with Crippen LogP contribution in [0.4, 0.5) is 11.6 Å². The molecule has 2 rings (SSSR count). The van der Waals surface area contributed by atoms with Gasteiger partial charge in [-0.3, -0.25) is 4.79 Å². The third-order valence-corrected chi connectivity index (χ3v) is 3.10. The zero-order valence-corrected chi connectivity index (χ0v) is 10.7. The number of rotatable bonds is 4. The molecule has 6 heteroatoms. The number of nitrogens with zero attached hydrogens (tertiary/aromatic N) is 4. The summed E-state index contributed by atoms with van der Waals surface area (Å²) in [7, 11) is 1.80. The Balaban J connectivity index is 2.11. The smallest absolute Gasteiger partial charge is 0.236 e. The fourth-order valence-corrected chi connectivity index (χ4v) is 2.16. The van der Waals surface area contributed by atoms with Gasteiger partial charge in [0.2, 0.25) is 5.91 Å². The Morgan fingerprint density at radius 1 is 1.39 bits per heavy atom. The fourth-order valence-electron chi connectivity index (χ4n) is 2.16. The molecule has 0 aliphatic carbocycles. The minimum Gasteiger partial charge on any atom is -0.368 e. The van der Waals surface area contributed by atoms with Crippen molar-refractivity contribution in [3.63, 3.8) is 0 Å². The highest BCUT2D eigenvalue weighted by atomic mass is 16.1. The second-order valence-corrected chi connectivity index (χ2v) is 4.60. The lowest BCUT2D eigenvalue weighted by atomic mass is 10.1. The maximum atomic E-state index is 10.9. The van der Waals surface area contributed by atoms with Gasteiger partial charge in [0.1, 0.15) is 18.0 Å². The van der Waals surface area contributed by atoms with Gasteiger partial charge in [-0.15, -0.1) is 0 Å². The van der Waals surface area contributed by atoms with Gasteiger partial charge in [-0.2, -0.15) is 0 Å². The van der Waals surface area contributed by atoms with Crippen molar-refractivity contribution in [3.05, 3.63) is 12.4 Å². The molecule has 0 unspecified atom stereocenters. The first-order chi connectivity index (χ1) is 8.66. The molecule has 1 fully saturated rings. The number of nitrogens with two attached hydrogens (primary N) is 1. The number of piperidine rings is 1. The summed E-state index contributed by atoms with van der Waals surface area (Å²) in [6.45, 7) is 2.24. The first-order valence-corrected chi connectivity index (χ1v) is 6.23. The van der Waals surface area contributed by atoms with Gasteiger partial charge in [0.25, 0.3) is 0 Å². The molecule has 0 bridgehead atoms. The maximum Gasteiger partial charge on any atom is 0.236 e. The van der Waals surface area contributed by atoms with Crippen LogP contribution in [0.25, 0.3) is 0 Å². The molecule has 0 spiro atoms. The molecule has 2 N–H and O–H groups in total. The quantitative estimate of drug-likeness (QED) is 0.835. The molecule has 1 aliphatic heterocycles. The lowest BCUT2D eigenvalue weighted by Gasteiger charge is -2.28. The van der Waals surface area contributed by atoms with Crippen molar-refractivity contribution in [2.45, 2.75) is 19.3 Å². The minimum atomic E-state index is -0.365. The van der Waals surface area contributed by atoms with E-state index in [0.29, 0.717) is 0 Å². The van der Waals surface area contributed by atoms with Crippen molar-refractivity contribution in [2.75, 3.05) is 36.5 Å². The molecule has 18 heavy (non-hydrogen) atoms. The molecule has 0 atom stereocenters. The largest absolute Gasteiger partial charge is 0.368 e. The van der Waals surface area contributed by atoms with Gasteiger partial charge in [-0.1, -0.05) is 0 Å². The van der Waals surface area contributed by atoms with Crippen LogP contribution < -0.4 is 15.5 Å². The zero-order chi connectivity index (χ0) is 13.0. The summed E-state index contributed by atoms with van der Waals surface area (Å²) in [5, 5.41) is 0. The number of aromatic nitrogens is 2. The van der Waals surface area contributed by atoms with E-state index in [2.05, 4.69) is 14.9 Å². The number of amides is 1. The number of carbonyl (C=O) groups excluding carboxylic acids is 1. The Morgan fingerprint density at radius 2 is 2.11 bits per heavy atom. The molecule has 2 heterocycles. The van der Waals surface area contributed by atoms with Crippen LogP contribution in [-0.4, -0.2) is 42.6 Å². The summed E-state index contributed by atoms with van der Waals surface area (Å²) in [6, 6.07) is 1.91. The van der Waals surface area contributed by atoms with E-state index in [1.165, 1.54) is 25.6 Å². The Morgan fingerprint density at radius 3 is 2.78 bits per heavy atom. The summed E-state index contributed by atoms with van der Waals surface area (Å²) < 4.78 is 0. The van der Waals surface area contributed by atoms with Crippen LogP contribution in [0.2, 0.25) is 0 Å². The minimum absolute atomic E-state index is 0.163. The standard InChI is InChI=1S/C12H19N5O/c1-16(8-10(13)18)11-7-12(15-9-14-11)17-5-3-2-4-6-17/h7,9H,2-6,8H2,1H3,(H2,13,18). The van der Waals surface area contributed by atoms with Crippen molar-refractivity contribution >= 4 is 17.5 Å². The molecule has 1 saturated heterocycles. The average molecular weight is 249 g/mol. The molecular weight excluding hydrogens is 230 g/mol. The van der Waals surface area contributed by atoms with Crippen molar-refractivity contribution in [3.8, 4) is 0 Å². The van der Waals surface area contributed by atoms with Crippen molar-refractivity contribution in [1.82, 2.24) is 9.97 Å². The number of primary amides is 1. The molecular formula is C12H19N5O. The number of likely N-dealkylation sites (N-methyl/N-ethyl adjacent to an activating group) is 1. The highest BCUT2D eigenvalue weighted by Gasteiger charge is 2.14. The van der Waals surface area contributed by atoms with Crippen LogP contribution >= 0.6 is 0 Å². The number of hydrogen-bond acceptors (Lipinski definition) is 5. The number of carbonyl (C=O) groups is 1. The molecule has 0 radical (unpaired) electrons. The van der Waals surface area contributed by atoms with E-state index < -0.39 is 0 Å². The molecule has 1 aromatic rings. The Hall–Kier alpha value is -1.85. The number of anilines is 2. The molecule has 0 saturated carbocycles. The van der Waals surface area contributed by atoms with E-state index in [0.717, 1.165) is 24.7 Å². The third kappa shape index (κ3) is 3.09. The van der Waals surface area contributed by atoms with Gasteiger partial charge in [-0.25, -0.2) is 9.97 Å². The van der Waals surface area contributed by atoms with E-state index in [-0.39, 0.29) is 12.5 Å². The fraction of sp³-hybridized carbons (Fsp3) is 0.583. The summed E-state index contributed by atoms with van der Waals surface area (Å²) in [5.41, 5.74) is 5.18. The number of hydrogen-bond donors (Lipinski definition) is 1. The summed E-state index contributed by atoms with van der Waals surface area (Å²) in [6.07, 6.45) is 5.24. The summed E-state index contributed by atoms with van der Waals surface area (Å²) >= 11 is 0. The topological polar surface area (TPSA) is 75.3 Å². The molecule has 6 nitrogen and oxygen atoms in total. The highest BCUT2D eigenvalue weighted by Crippen LogP contribution is 2.20. The van der Waals surface area contributed by atoms with Gasteiger partial charge in [0.05, 0.1) is 6.54 Å². The monoisotopic (exact) mass is 249 g/mol. The Labute approximate surface area is 107 Å². The Bertz CT molecular complexity index is 417. The molecule has 1 aromatic heterocycles. The molecule has 0 aromatic carbocycles. The SMILES string of the molecule is CN(CC(N)=O)c1cc(N2CCCCC2)ncn1. The van der Waals surface area contributed by atoms with Crippen LogP contribution in [0.1, 0.15) is 19.3 Å². The van der Waals surface area contributed by atoms with E-state index in [9.17, 15) is 4.79 Å². The van der Waals surface area contributed by atoms with Crippen LogP contribution in [0.15, 0.2) is 12.4 Å². The summed E-state index contributed by atoms with van der Waals surface area (Å²) in [5.74, 6) is 1.29. The van der Waals surface area contributed by atoms with Crippen LogP contribution in [-0.2, 0) is 4.79 Å². The lowest BCUT2D eigenvalue weighted by molar-refractivity contribution is -0.116. The predicted octanol–water partition coefficient (Wildman–Crippen LogP) is 0.388. The second-order valence-electron chi connectivity index (χ2n) is 4.60. The van der Waals surface area contributed by atoms with Crippen molar-refractivity contribution < 1.29 is 4.79 Å². The third-order valence-electron chi connectivity index (χ3n) is 3.10. The summed E-state index contributed by atoms with van der Waals surface area (Å²) in [4.78, 5) is 23.4. The van der Waals surface area contributed by atoms with Gasteiger partial charge in [0.15, 0.2) is 0 Å². The Kier molecular flexibility index (Phi) is 3.96. The maximum absolute atomic E-state index is 10.9. The van der Waals surface area contributed by atoms with Gasteiger partial charge < -0.3 is 15.5 Å². The van der Waals surface area contributed by atoms with Gasteiger partial charge in [0, 0.05) is 26.2 Å². The van der Waals surface area contributed by atoms with Crippen molar-refractivity contribution in [2.24, 2.45) is 5.73 Å². The van der Waals surface area contributed by atoms with Gasteiger partial charge >= 0.3 is 0 Å². The van der Waals surface area contributed by atoms with E-state index in [1.807, 2.05) is 6.07 Å². The van der Waals surface area contributed by atoms with E-state index in [1.54, 1.807) is 11.9 Å². The second kappa shape index (κ2) is 5.66. The normalized spacial score (nSPS) is 15.5. The van der Waals surface area contributed by atoms with Crippen LogP contribution in [0.3, 0.4) is 0 Å². The first-order valence-electron chi connectivity index (χ1n) is 6.23. The lowest BCUT2D eigenvalue weighted by Crippen LogP contribution is -2.32. The predicted molar refractivity (Wildman–Crippen MR) is 70.6 cm³/mol. The van der Waals surface area contributed by atoms with Crippen molar-refractivity contribution in [1.29, 1.82) is 0 Å². The van der Waals surface area contributed by atoms with Crippen LogP contribution in [0.5, 0.6) is 0 Å². The van der Waals surface area contributed by atoms with Crippen LogP contribution in [0, 0.1) is 0 Å². The molecule has 1 amide bonds. The van der Waals surface area contributed by atoms with E-state index in [4.69, 9.17) is 5.73 Å². The highest BCUT2D eigenvalue weighted by molar-refractivity contribution is 5.79. The first kappa shape index (κ1) is 12.6. The molecule has 1 aliphatic rings. The van der Waals surface area contributed by atoms with Gasteiger partial charge in [-0.05, 0) is 19.3 Å². The zero-order valence-electron chi connectivity index (χ0n) is 10.7. The van der Waals surface area contributed by atoms with E-state index >= 15 is 0 Å².